The number of hydrogen-bond acceptors (Lipinski definition) is 4. The van der Waals surface area contributed by atoms with Crippen LogP contribution in [0.1, 0.15) is 34.2 Å². The van der Waals surface area contributed by atoms with E-state index in [0.717, 1.165) is 35.3 Å². The van der Waals surface area contributed by atoms with Crippen molar-refractivity contribution in [1.82, 2.24) is 14.9 Å². The summed E-state index contributed by atoms with van der Waals surface area (Å²) in [5, 5.41) is 2.58. The molecule has 3 nitrogen and oxygen atoms in total. The highest BCUT2D eigenvalue weighted by molar-refractivity contribution is 9.10. The topological polar surface area (TPSA) is 29.0 Å². The Morgan fingerprint density at radius 1 is 1.03 bits per heavy atom. The van der Waals surface area contributed by atoms with Gasteiger partial charge in [0.2, 0.25) is 0 Å². The van der Waals surface area contributed by atoms with Gasteiger partial charge in [0.1, 0.15) is 0 Å². The highest BCUT2D eigenvalue weighted by Gasteiger charge is 2.24. The lowest BCUT2D eigenvalue weighted by molar-refractivity contribution is 0.205. The van der Waals surface area contributed by atoms with Gasteiger partial charge >= 0.3 is 0 Å². The van der Waals surface area contributed by atoms with Crippen LogP contribution in [0.3, 0.4) is 0 Å². The van der Waals surface area contributed by atoms with Gasteiger partial charge in [-0.1, -0.05) is 46.3 Å². The van der Waals surface area contributed by atoms with Crippen LogP contribution < -0.4 is 0 Å². The zero-order valence-electron chi connectivity index (χ0n) is 17.0. The van der Waals surface area contributed by atoms with Gasteiger partial charge in [-0.15, -0.1) is 11.3 Å². The third-order valence-corrected chi connectivity index (χ3v) is 7.66. The highest BCUT2D eigenvalue weighted by atomic mass is 79.9. The SMILES string of the molecule is Cc1sc(C2CCN(Cc3ccnc4ccccc34)CC2)nc1-c1ccc(Br)cc1. The van der Waals surface area contributed by atoms with Crippen molar-refractivity contribution in [1.29, 1.82) is 0 Å². The van der Waals surface area contributed by atoms with E-state index in [0.29, 0.717) is 5.92 Å². The normalized spacial score (nSPS) is 15.7. The number of hydrogen-bond donors (Lipinski definition) is 0. The molecule has 3 heterocycles. The quantitative estimate of drug-likeness (QED) is 0.323. The van der Waals surface area contributed by atoms with Crippen molar-refractivity contribution in [2.75, 3.05) is 13.1 Å². The summed E-state index contributed by atoms with van der Waals surface area (Å²) in [6.07, 6.45) is 4.29. The molecule has 1 aliphatic heterocycles. The van der Waals surface area contributed by atoms with E-state index in [1.165, 1.54) is 39.2 Å². The number of benzene rings is 2. The molecule has 2 aromatic carbocycles. The predicted octanol–water partition coefficient (Wildman–Crippen LogP) is 6.81. The summed E-state index contributed by atoms with van der Waals surface area (Å²) in [4.78, 5) is 13.5. The van der Waals surface area contributed by atoms with Crippen molar-refractivity contribution in [2.45, 2.75) is 32.2 Å². The number of halogens is 1. The fourth-order valence-corrected chi connectivity index (χ4v) is 5.72. The molecule has 30 heavy (non-hydrogen) atoms. The lowest BCUT2D eigenvalue weighted by atomic mass is 9.96. The molecule has 0 spiro atoms. The summed E-state index contributed by atoms with van der Waals surface area (Å²) < 4.78 is 1.11. The maximum absolute atomic E-state index is 5.06. The van der Waals surface area contributed by atoms with Crippen molar-refractivity contribution >= 4 is 38.2 Å². The number of para-hydroxylation sites is 1. The number of rotatable bonds is 4. The number of nitrogens with zero attached hydrogens (tertiary/aromatic N) is 3. The van der Waals surface area contributed by atoms with E-state index in [-0.39, 0.29) is 0 Å². The van der Waals surface area contributed by atoms with Crippen molar-refractivity contribution in [2.24, 2.45) is 0 Å². The number of pyridine rings is 1. The Labute approximate surface area is 189 Å². The first-order valence-electron chi connectivity index (χ1n) is 10.5. The summed E-state index contributed by atoms with van der Waals surface area (Å²) in [6.45, 7) is 5.43. The standard InChI is InChI=1S/C25H24BrN3S/c1-17-24(18-6-8-21(26)9-7-18)28-25(30-17)19-11-14-29(15-12-19)16-20-10-13-27-23-5-3-2-4-22(20)23/h2-10,13,19H,11-12,14-16H2,1H3. The minimum atomic E-state index is 0.573. The largest absolute Gasteiger partial charge is 0.299 e. The molecule has 0 saturated carbocycles. The number of aromatic nitrogens is 2. The maximum Gasteiger partial charge on any atom is 0.0967 e. The number of piperidine rings is 1. The molecule has 0 N–H and O–H groups in total. The van der Waals surface area contributed by atoms with Crippen molar-refractivity contribution < 1.29 is 0 Å². The van der Waals surface area contributed by atoms with Gasteiger partial charge in [0, 0.05) is 39.0 Å². The van der Waals surface area contributed by atoms with Gasteiger partial charge in [0.05, 0.1) is 16.2 Å². The Morgan fingerprint density at radius 3 is 2.60 bits per heavy atom. The van der Waals surface area contributed by atoms with E-state index in [9.17, 15) is 0 Å². The Morgan fingerprint density at radius 2 is 1.80 bits per heavy atom. The molecular weight excluding hydrogens is 454 g/mol. The number of likely N-dealkylation sites (tertiary alicyclic amines) is 1. The fourth-order valence-electron chi connectivity index (χ4n) is 4.34. The monoisotopic (exact) mass is 477 g/mol. The second kappa shape index (κ2) is 8.58. The van der Waals surface area contributed by atoms with E-state index < -0.39 is 0 Å². The minimum absolute atomic E-state index is 0.573. The van der Waals surface area contributed by atoms with Crippen LogP contribution in [0.2, 0.25) is 0 Å². The number of aryl methyl sites for hydroxylation is 1. The molecule has 0 aliphatic carbocycles. The average Bonchev–Trinajstić information content (AvgIpc) is 3.17. The number of fused-ring (bicyclic) bond motifs is 1. The van der Waals surface area contributed by atoms with Gasteiger partial charge in [-0.25, -0.2) is 4.98 Å². The van der Waals surface area contributed by atoms with Crippen LogP contribution in [0.25, 0.3) is 22.2 Å². The van der Waals surface area contributed by atoms with Crippen molar-refractivity contribution in [3.63, 3.8) is 0 Å². The van der Waals surface area contributed by atoms with E-state index in [4.69, 9.17) is 4.98 Å². The van der Waals surface area contributed by atoms with E-state index in [2.05, 4.69) is 87.3 Å². The van der Waals surface area contributed by atoms with Crippen LogP contribution in [0.4, 0.5) is 0 Å². The van der Waals surface area contributed by atoms with Gasteiger partial charge in [0.25, 0.3) is 0 Å². The van der Waals surface area contributed by atoms with Crippen LogP contribution in [0, 0.1) is 6.92 Å². The third-order valence-electron chi connectivity index (χ3n) is 6.00. The van der Waals surface area contributed by atoms with Gasteiger partial charge in [-0.2, -0.15) is 0 Å². The average molecular weight is 478 g/mol. The molecule has 4 aromatic rings. The Hall–Kier alpha value is -2.08. The fraction of sp³-hybridized carbons (Fsp3) is 0.280. The van der Waals surface area contributed by atoms with Crippen LogP contribution in [0.5, 0.6) is 0 Å². The molecule has 1 aliphatic rings. The Kier molecular flexibility index (Phi) is 5.68. The molecule has 0 bridgehead atoms. The van der Waals surface area contributed by atoms with Gasteiger partial charge in [-0.05, 0) is 62.7 Å². The maximum atomic E-state index is 5.06. The van der Waals surface area contributed by atoms with Crippen LogP contribution in [-0.2, 0) is 6.54 Å². The summed E-state index contributed by atoms with van der Waals surface area (Å²) in [5.41, 5.74) is 4.82. The molecule has 0 radical (unpaired) electrons. The van der Waals surface area contributed by atoms with E-state index >= 15 is 0 Å². The smallest absolute Gasteiger partial charge is 0.0967 e. The number of thiazole rings is 1. The molecule has 1 saturated heterocycles. The molecule has 0 amide bonds. The minimum Gasteiger partial charge on any atom is -0.299 e. The molecule has 5 rings (SSSR count). The second-order valence-electron chi connectivity index (χ2n) is 8.00. The van der Waals surface area contributed by atoms with Crippen LogP contribution in [-0.4, -0.2) is 28.0 Å². The zero-order chi connectivity index (χ0) is 20.5. The van der Waals surface area contributed by atoms with Crippen LogP contribution in [0.15, 0.2) is 65.3 Å². The lowest BCUT2D eigenvalue weighted by Gasteiger charge is -2.31. The summed E-state index contributed by atoms with van der Waals surface area (Å²) in [6, 6.07) is 19.1. The first-order chi connectivity index (χ1) is 14.7. The van der Waals surface area contributed by atoms with E-state index in [1.807, 2.05) is 17.5 Å². The Balaban J connectivity index is 1.27. The second-order valence-corrected chi connectivity index (χ2v) is 10.2. The summed E-state index contributed by atoms with van der Waals surface area (Å²) >= 11 is 5.40. The molecule has 1 fully saturated rings. The molecule has 152 valence electrons. The van der Waals surface area contributed by atoms with Crippen molar-refractivity contribution in [3.8, 4) is 11.3 Å². The van der Waals surface area contributed by atoms with Crippen LogP contribution >= 0.6 is 27.3 Å². The van der Waals surface area contributed by atoms with Gasteiger partial charge < -0.3 is 0 Å². The summed E-state index contributed by atoms with van der Waals surface area (Å²) in [7, 11) is 0. The molecule has 5 heteroatoms. The molecule has 0 atom stereocenters. The first kappa shape index (κ1) is 19.9. The molecular formula is C25H24BrN3S. The van der Waals surface area contributed by atoms with Gasteiger partial charge in [-0.3, -0.25) is 9.88 Å². The molecule has 0 unspecified atom stereocenters. The molecule has 2 aromatic heterocycles. The summed E-state index contributed by atoms with van der Waals surface area (Å²) in [5.74, 6) is 0.573. The first-order valence-corrected chi connectivity index (χ1v) is 12.1. The Bertz CT molecular complexity index is 1160. The van der Waals surface area contributed by atoms with Crippen molar-refractivity contribution in [3.05, 3.63) is 80.7 Å². The highest BCUT2D eigenvalue weighted by Crippen LogP contribution is 2.36. The zero-order valence-corrected chi connectivity index (χ0v) is 19.4. The van der Waals surface area contributed by atoms with E-state index in [1.54, 1.807) is 0 Å². The predicted molar refractivity (Wildman–Crippen MR) is 129 cm³/mol. The third kappa shape index (κ3) is 4.07. The van der Waals surface area contributed by atoms with Gasteiger partial charge in [0.15, 0.2) is 0 Å². The lowest BCUT2D eigenvalue weighted by Crippen LogP contribution is -2.32.